The lowest BCUT2D eigenvalue weighted by Crippen LogP contribution is -2.36. The van der Waals surface area contributed by atoms with E-state index >= 15 is 0 Å². The average molecular weight is 311 g/mol. The molecule has 4 rings (SSSR count). The van der Waals surface area contributed by atoms with Gasteiger partial charge in [-0.3, -0.25) is 9.80 Å². The molecule has 0 bridgehead atoms. The molecule has 0 spiro atoms. The van der Waals surface area contributed by atoms with Crippen LogP contribution in [0.2, 0.25) is 0 Å². The van der Waals surface area contributed by atoms with Crippen molar-refractivity contribution < 1.29 is 0 Å². The van der Waals surface area contributed by atoms with Crippen molar-refractivity contribution in [2.75, 3.05) is 26.2 Å². The normalized spacial score (nSPS) is 22.0. The van der Waals surface area contributed by atoms with Crippen molar-refractivity contribution in [1.29, 1.82) is 0 Å². The lowest BCUT2D eigenvalue weighted by molar-refractivity contribution is 0.197. The summed E-state index contributed by atoms with van der Waals surface area (Å²) in [6, 6.07) is 12.0. The first-order valence-electron chi connectivity index (χ1n) is 9.31. The molecule has 23 heavy (non-hydrogen) atoms. The molecule has 1 saturated heterocycles. The Morgan fingerprint density at radius 2 is 1.78 bits per heavy atom. The third-order valence-corrected chi connectivity index (χ3v) is 5.90. The molecule has 1 saturated carbocycles. The molecule has 0 amide bonds. The van der Waals surface area contributed by atoms with E-state index < -0.39 is 0 Å². The Morgan fingerprint density at radius 1 is 0.957 bits per heavy atom. The van der Waals surface area contributed by atoms with Crippen molar-refractivity contribution >= 4 is 10.9 Å². The summed E-state index contributed by atoms with van der Waals surface area (Å²) in [6.45, 7) is 6.11. The van der Waals surface area contributed by atoms with Gasteiger partial charge in [0.05, 0.1) is 0 Å². The maximum atomic E-state index is 2.77. The van der Waals surface area contributed by atoms with E-state index in [1.165, 1.54) is 74.9 Å². The maximum Gasteiger partial charge on any atom is 0.0480 e. The second-order valence-corrected chi connectivity index (χ2v) is 7.36. The number of hydrogen-bond donors (Lipinski definition) is 0. The van der Waals surface area contributed by atoms with E-state index in [1.807, 2.05) is 0 Å². The van der Waals surface area contributed by atoms with Crippen LogP contribution < -0.4 is 0 Å². The van der Waals surface area contributed by atoms with Crippen molar-refractivity contribution in [1.82, 2.24) is 14.4 Å². The van der Waals surface area contributed by atoms with Crippen LogP contribution >= 0.6 is 0 Å². The van der Waals surface area contributed by atoms with Crippen molar-refractivity contribution in [3.8, 4) is 0 Å². The Kier molecular flexibility index (Phi) is 4.41. The van der Waals surface area contributed by atoms with Crippen LogP contribution in [0.25, 0.3) is 10.9 Å². The average Bonchev–Trinajstić information content (AvgIpc) is 3.13. The number of para-hydroxylation sites is 1. The predicted octanol–water partition coefficient (Wildman–Crippen LogP) is 3.63. The summed E-state index contributed by atoms with van der Waals surface area (Å²) in [5.74, 6) is 0. The fraction of sp³-hybridized carbons (Fsp3) is 0.600. The second kappa shape index (κ2) is 6.66. The Morgan fingerprint density at radius 3 is 2.61 bits per heavy atom. The zero-order valence-electron chi connectivity index (χ0n) is 14.4. The van der Waals surface area contributed by atoms with Gasteiger partial charge in [-0.2, -0.15) is 0 Å². The molecule has 2 heterocycles. The lowest BCUT2D eigenvalue weighted by Gasteiger charge is -2.27. The summed E-state index contributed by atoms with van der Waals surface area (Å²) in [7, 11) is 2.21. The molecular formula is C20H29N3. The minimum absolute atomic E-state index is 0.882. The Bertz CT molecular complexity index is 654. The summed E-state index contributed by atoms with van der Waals surface area (Å²) in [5.41, 5.74) is 2.80. The fourth-order valence-electron chi connectivity index (χ4n) is 4.51. The number of hydrogen-bond acceptors (Lipinski definition) is 2. The summed E-state index contributed by atoms with van der Waals surface area (Å²) in [5, 5.41) is 1.37. The minimum atomic E-state index is 0.882. The van der Waals surface area contributed by atoms with Crippen LogP contribution in [0, 0.1) is 0 Å². The summed E-state index contributed by atoms with van der Waals surface area (Å²) >= 11 is 0. The molecule has 1 aromatic heterocycles. The summed E-state index contributed by atoms with van der Waals surface area (Å²) in [4.78, 5) is 5.43. The van der Waals surface area contributed by atoms with Crippen LogP contribution in [0.4, 0.5) is 0 Å². The van der Waals surface area contributed by atoms with Gasteiger partial charge in [-0.25, -0.2) is 0 Å². The predicted molar refractivity (Wildman–Crippen MR) is 96.6 cm³/mol. The number of aryl methyl sites for hydroxylation is 1. The van der Waals surface area contributed by atoms with Gasteiger partial charge in [-0.15, -0.1) is 0 Å². The quantitative estimate of drug-likeness (QED) is 0.857. The molecule has 3 nitrogen and oxygen atoms in total. The van der Waals surface area contributed by atoms with E-state index in [0.717, 1.165) is 12.6 Å². The highest BCUT2D eigenvalue weighted by Gasteiger charge is 2.24. The van der Waals surface area contributed by atoms with Gasteiger partial charge in [-0.1, -0.05) is 31.0 Å². The molecule has 2 fully saturated rings. The highest BCUT2D eigenvalue weighted by Crippen LogP contribution is 2.25. The highest BCUT2D eigenvalue weighted by molar-refractivity contribution is 5.81. The summed E-state index contributed by atoms with van der Waals surface area (Å²) in [6.07, 6.45) is 7.08. The van der Waals surface area contributed by atoms with Crippen molar-refractivity contribution in [3.63, 3.8) is 0 Å². The number of fused-ring (bicyclic) bond motifs is 1. The first-order valence-corrected chi connectivity index (χ1v) is 9.31. The van der Waals surface area contributed by atoms with Crippen LogP contribution in [0.5, 0.6) is 0 Å². The second-order valence-electron chi connectivity index (χ2n) is 7.36. The zero-order valence-corrected chi connectivity index (χ0v) is 14.4. The molecule has 1 aliphatic carbocycles. The standard InChI is InChI=1S/C20H29N3/c1-21-19(15-17-7-2-5-10-20(17)21)16-22-11-6-12-23(14-13-22)18-8-3-4-9-18/h2,5,7,10,15,18H,3-4,6,8-9,11-14,16H2,1H3. The van der Waals surface area contributed by atoms with Gasteiger partial charge in [-0.05, 0) is 49.9 Å². The maximum absolute atomic E-state index is 2.77. The molecule has 2 aromatic rings. The molecular weight excluding hydrogens is 282 g/mol. The van der Waals surface area contributed by atoms with Gasteiger partial charge in [0.1, 0.15) is 0 Å². The highest BCUT2D eigenvalue weighted by atomic mass is 15.2. The topological polar surface area (TPSA) is 11.4 Å². The molecule has 1 aliphatic heterocycles. The molecule has 0 N–H and O–H groups in total. The van der Waals surface area contributed by atoms with E-state index in [-0.39, 0.29) is 0 Å². The number of benzene rings is 1. The molecule has 3 heteroatoms. The zero-order chi connectivity index (χ0) is 15.6. The third kappa shape index (κ3) is 3.17. The van der Waals surface area contributed by atoms with Gasteiger partial charge < -0.3 is 4.57 Å². The fourth-order valence-corrected chi connectivity index (χ4v) is 4.51. The van der Waals surface area contributed by atoms with Gasteiger partial charge in [0.25, 0.3) is 0 Å². The lowest BCUT2D eigenvalue weighted by atomic mass is 10.2. The Balaban J connectivity index is 1.43. The molecule has 0 radical (unpaired) electrons. The number of nitrogens with zero attached hydrogens (tertiary/aromatic N) is 3. The van der Waals surface area contributed by atoms with Gasteiger partial charge in [0.15, 0.2) is 0 Å². The van der Waals surface area contributed by atoms with E-state index in [4.69, 9.17) is 0 Å². The van der Waals surface area contributed by atoms with E-state index in [0.29, 0.717) is 0 Å². The van der Waals surface area contributed by atoms with Crippen LogP contribution in [0.15, 0.2) is 30.3 Å². The van der Waals surface area contributed by atoms with Crippen LogP contribution in [-0.2, 0) is 13.6 Å². The first-order chi connectivity index (χ1) is 11.3. The van der Waals surface area contributed by atoms with E-state index in [9.17, 15) is 0 Å². The van der Waals surface area contributed by atoms with Crippen LogP contribution in [0.3, 0.4) is 0 Å². The monoisotopic (exact) mass is 311 g/mol. The van der Waals surface area contributed by atoms with E-state index in [1.54, 1.807) is 0 Å². The molecule has 0 unspecified atom stereocenters. The number of aromatic nitrogens is 1. The first kappa shape index (κ1) is 15.2. The SMILES string of the molecule is Cn1c(CN2CCCN(C3CCCC3)CC2)cc2ccccc21. The Hall–Kier alpha value is -1.32. The molecule has 1 aromatic carbocycles. The van der Waals surface area contributed by atoms with Crippen molar-refractivity contribution in [2.24, 2.45) is 7.05 Å². The van der Waals surface area contributed by atoms with Crippen LogP contribution in [0.1, 0.15) is 37.8 Å². The van der Waals surface area contributed by atoms with Crippen molar-refractivity contribution in [3.05, 3.63) is 36.0 Å². The minimum Gasteiger partial charge on any atom is -0.346 e. The van der Waals surface area contributed by atoms with E-state index in [2.05, 4.69) is 51.7 Å². The molecule has 124 valence electrons. The summed E-state index contributed by atoms with van der Waals surface area (Å²) < 4.78 is 2.37. The van der Waals surface area contributed by atoms with Gasteiger partial charge in [0, 0.05) is 43.9 Å². The smallest absolute Gasteiger partial charge is 0.0480 e. The van der Waals surface area contributed by atoms with Gasteiger partial charge in [0.2, 0.25) is 0 Å². The van der Waals surface area contributed by atoms with Gasteiger partial charge >= 0.3 is 0 Å². The molecule has 0 atom stereocenters. The third-order valence-electron chi connectivity index (χ3n) is 5.90. The van der Waals surface area contributed by atoms with Crippen LogP contribution in [-0.4, -0.2) is 46.6 Å². The molecule has 2 aliphatic rings. The Labute approximate surface area is 139 Å². The largest absolute Gasteiger partial charge is 0.346 e. The van der Waals surface area contributed by atoms with Crippen molar-refractivity contribution in [2.45, 2.75) is 44.7 Å². The number of rotatable bonds is 3.